The first-order valence-electron chi connectivity index (χ1n) is 7.11. The van der Waals surface area contributed by atoms with Gasteiger partial charge in [0, 0.05) is 11.5 Å². The highest BCUT2D eigenvalue weighted by atomic mass is 16.5. The monoisotopic (exact) mass is 260 g/mol. The van der Waals surface area contributed by atoms with Crippen LogP contribution in [0.25, 0.3) is 0 Å². The van der Waals surface area contributed by atoms with Crippen molar-refractivity contribution in [1.29, 1.82) is 0 Å². The highest BCUT2D eigenvalue weighted by Gasteiger charge is 2.37. The van der Waals surface area contributed by atoms with Gasteiger partial charge in [0.25, 0.3) is 0 Å². The van der Waals surface area contributed by atoms with E-state index in [4.69, 9.17) is 4.74 Å². The van der Waals surface area contributed by atoms with Gasteiger partial charge in [0.15, 0.2) is 0 Å². The molecule has 3 heteroatoms. The standard InChI is InChI=1S/C16H20O3/c1-19-14-8-7-10-3-2-4-12(10)16(14)13(9-15(17)18)11-5-6-11/h7-8,11,13H,2-6,9H2,1H3,(H,17,18). The Kier molecular flexibility index (Phi) is 3.21. The SMILES string of the molecule is COc1ccc2c(c1C(CC(=O)O)C1CC1)CCC2. The summed E-state index contributed by atoms with van der Waals surface area (Å²) >= 11 is 0. The van der Waals surface area contributed by atoms with Crippen LogP contribution >= 0.6 is 0 Å². The number of hydrogen-bond donors (Lipinski definition) is 1. The first kappa shape index (κ1) is 12.5. The van der Waals surface area contributed by atoms with Gasteiger partial charge < -0.3 is 9.84 Å². The maximum absolute atomic E-state index is 11.2. The van der Waals surface area contributed by atoms with E-state index in [-0.39, 0.29) is 12.3 Å². The average molecular weight is 260 g/mol. The Bertz CT molecular complexity index is 503. The molecule has 0 aliphatic heterocycles. The van der Waals surface area contributed by atoms with Crippen molar-refractivity contribution in [2.45, 2.75) is 44.4 Å². The van der Waals surface area contributed by atoms with Crippen molar-refractivity contribution in [3.63, 3.8) is 0 Å². The summed E-state index contributed by atoms with van der Waals surface area (Å²) in [4.78, 5) is 11.2. The lowest BCUT2D eigenvalue weighted by atomic mass is 9.85. The van der Waals surface area contributed by atoms with Gasteiger partial charge in [-0.1, -0.05) is 6.07 Å². The van der Waals surface area contributed by atoms with Crippen LogP contribution in [-0.2, 0) is 17.6 Å². The number of methoxy groups -OCH3 is 1. The Morgan fingerprint density at radius 1 is 1.42 bits per heavy atom. The van der Waals surface area contributed by atoms with Crippen molar-refractivity contribution in [2.24, 2.45) is 5.92 Å². The molecule has 1 atom stereocenters. The number of fused-ring (bicyclic) bond motifs is 1. The molecule has 0 aromatic heterocycles. The zero-order chi connectivity index (χ0) is 13.4. The van der Waals surface area contributed by atoms with E-state index in [2.05, 4.69) is 6.07 Å². The van der Waals surface area contributed by atoms with Crippen molar-refractivity contribution >= 4 is 5.97 Å². The van der Waals surface area contributed by atoms with E-state index >= 15 is 0 Å². The van der Waals surface area contributed by atoms with Crippen LogP contribution in [0.1, 0.15) is 48.3 Å². The fraction of sp³-hybridized carbons (Fsp3) is 0.562. The van der Waals surface area contributed by atoms with Gasteiger partial charge in [0.05, 0.1) is 13.5 Å². The molecule has 0 bridgehead atoms. The van der Waals surface area contributed by atoms with E-state index in [1.54, 1.807) is 7.11 Å². The number of benzene rings is 1. The third-order valence-corrected chi connectivity index (χ3v) is 4.46. The van der Waals surface area contributed by atoms with Gasteiger partial charge >= 0.3 is 5.97 Å². The molecular formula is C16H20O3. The van der Waals surface area contributed by atoms with Gasteiger partial charge in [0.2, 0.25) is 0 Å². The molecule has 2 aliphatic rings. The summed E-state index contributed by atoms with van der Waals surface area (Å²) < 4.78 is 5.52. The predicted octanol–water partition coefficient (Wildman–Crippen LogP) is 3.15. The minimum atomic E-state index is -0.699. The number of carboxylic acid groups (broad SMARTS) is 1. The summed E-state index contributed by atoms with van der Waals surface area (Å²) in [7, 11) is 1.69. The maximum Gasteiger partial charge on any atom is 0.303 e. The summed E-state index contributed by atoms with van der Waals surface area (Å²) in [6, 6.07) is 4.17. The first-order chi connectivity index (χ1) is 9.20. The predicted molar refractivity (Wildman–Crippen MR) is 72.7 cm³/mol. The van der Waals surface area contributed by atoms with Gasteiger partial charge in [-0.3, -0.25) is 4.79 Å². The molecule has 0 spiro atoms. The number of carboxylic acids is 1. The Morgan fingerprint density at radius 2 is 2.21 bits per heavy atom. The largest absolute Gasteiger partial charge is 0.496 e. The zero-order valence-corrected chi connectivity index (χ0v) is 11.3. The third kappa shape index (κ3) is 2.34. The fourth-order valence-corrected chi connectivity index (χ4v) is 3.45. The first-order valence-corrected chi connectivity index (χ1v) is 7.11. The molecule has 2 aliphatic carbocycles. The molecule has 0 radical (unpaired) electrons. The quantitative estimate of drug-likeness (QED) is 0.884. The molecule has 1 aromatic rings. The van der Waals surface area contributed by atoms with Crippen LogP contribution in [0, 0.1) is 5.92 Å². The molecule has 1 unspecified atom stereocenters. The smallest absolute Gasteiger partial charge is 0.303 e. The Morgan fingerprint density at radius 3 is 2.84 bits per heavy atom. The van der Waals surface area contributed by atoms with E-state index in [0.29, 0.717) is 5.92 Å². The number of aryl methyl sites for hydroxylation is 1. The second kappa shape index (κ2) is 4.87. The molecule has 1 saturated carbocycles. The maximum atomic E-state index is 11.2. The lowest BCUT2D eigenvalue weighted by Crippen LogP contribution is -2.12. The molecule has 0 heterocycles. The van der Waals surface area contributed by atoms with Gasteiger partial charge in [-0.05, 0) is 55.2 Å². The molecule has 0 saturated heterocycles. The highest BCUT2D eigenvalue weighted by molar-refractivity contribution is 5.69. The summed E-state index contributed by atoms with van der Waals surface area (Å²) in [6.07, 6.45) is 5.93. The molecule has 1 N–H and O–H groups in total. The van der Waals surface area contributed by atoms with E-state index in [9.17, 15) is 9.90 Å². The molecule has 0 amide bonds. The minimum absolute atomic E-state index is 0.139. The lowest BCUT2D eigenvalue weighted by molar-refractivity contribution is -0.137. The highest BCUT2D eigenvalue weighted by Crippen LogP contribution is 2.49. The second-order valence-corrected chi connectivity index (χ2v) is 5.71. The molecule has 3 rings (SSSR count). The lowest BCUT2D eigenvalue weighted by Gasteiger charge is -2.21. The van der Waals surface area contributed by atoms with Crippen molar-refractivity contribution < 1.29 is 14.6 Å². The van der Waals surface area contributed by atoms with Crippen LogP contribution in [-0.4, -0.2) is 18.2 Å². The van der Waals surface area contributed by atoms with Gasteiger partial charge in [0.1, 0.15) is 5.75 Å². The van der Waals surface area contributed by atoms with Crippen molar-refractivity contribution in [1.82, 2.24) is 0 Å². The summed E-state index contributed by atoms with van der Waals surface area (Å²) in [5, 5.41) is 9.19. The minimum Gasteiger partial charge on any atom is -0.496 e. The fourth-order valence-electron chi connectivity index (χ4n) is 3.45. The Balaban J connectivity index is 2.05. The van der Waals surface area contributed by atoms with Gasteiger partial charge in [-0.25, -0.2) is 0 Å². The zero-order valence-electron chi connectivity index (χ0n) is 11.3. The number of carbonyl (C=O) groups is 1. The van der Waals surface area contributed by atoms with Crippen LogP contribution < -0.4 is 4.74 Å². The Labute approximate surface area is 113 Å². The number of hydrogen-bond acceptors (Lipinski definition) is 2. The average Bonchev–Trinajstić information content (AvgIpc) is 3.12. The number of aliphatic carboxylic acids is 1. The number of ether oxygens (including phenoxy) is 1. The topological polar surface area (TPSA) is 46.5 Å². The Hall–Kier alpha value is -1.51. The second-order valence-electron chi connectivity index (χ2n) is 5.71. The van der Waals surface area contributed by atoms with Crippen LogP contribution in [0.15, 0.2) is 12.1 Å². The van der Waals surface area contributed by atoms with E-state index in [1.807, 2.05) is 6.07 Å². The molecule has 3 nitrogen and oxygen atoms in total. The van der Waals surface area contributed by atoms with Crippen LogP contribution in [0.3, 0.4) is 0 Å². The van der Waals surface area contributed by atoms with E-state index in [1.165, 1.54) is 23.1 Å². The third-order valence-electron chi connectivity index (χ3n) is 4.46. The van der Waals surface area contributed by atoms with Crippen LogP contribution in [0.4, 0.5) is 0 Å². The molecule has 19 heavy (non-hydrogen) atoms. The summed E-state index contributed by atoms with van der Waals surface area (Å²) in [5.41, 5.74) is 3.96. The van der Waals surface area contributed by atoms with E-state index in [0.717, 1.165) is 31.4 Å². The summed E-state index contributed by atoms with van der Waals surface area (Å²) in [6.45, 7) is 0. The van der Waals surface area contributed by atoms with Crippen molar-refractivity contribution in [3.05, 3.63) is 28.8 Å². The van der Waals surface area contributed by atoms with Crippen molar-refractivity contribution in [2.75, 3.05) is 7.11 Å². The number of rotatable bonds is 5. The van der Waals surface area contributed by atoms with Gasteiger partial charge in [-0.2, -0.15) is 0 Å². The van der Waals surface area contributed by atoms with Gasteiger partial charge in [-0.15, -0.1) is 0 Å². The normalized spacial score (nSPS) is 19.0. The van der Waals surface area contributed by atoms with Crippen molar-refractivity contribution in [3.8, 4) is 5.75 Å². The molecular weight excluding hydrogens is 240 g/mol. The van der Waals surface area contributed by atoms with E-state index < -0.39 is 5.97 Å². The molecule has 1 fully saturated rings. The molecule has 1 aromatic carbocycles. The van der Waals surface area contributed by atoms with Crippen LogP contribution in [0.2, 0.25) is 0 Å². The molecule has 102 valence electrons. The van der Waals surface area contributed by atoms with Crippen LogP contribution in [0.5, 0.6) is 5.75 Å². The summed E-state index contributed by atoms with van der Waals surface area (Å²) in [5.74, 6) is 0.867.